The summed E-state index contributed by atoms with van der Waals surface area (Å²) in [5.41, 5.74) is 5.84. The molecule has 1 aliphatic heterocycles. The lowest BCUT2D eigenvalue weighted by atomic mass is 10.3. The molecule has 1 aliphatic rings. The second kappa shape index (κ2) is 4.75. The second-order valence-electron chi connectivity index (χ2n) is 4.02. The summed E-state index contributed by atoms with van der Waals surface area (Å²) in [5, 5.41) is 2.64. The van der Waals surface area contributed by atoms with E-state index in [0.717, 1.165) is 0 Å². The Hall–Kier alpha value is -1.31. The molecule has 1 saturated heterocycles. The highest BCUT2D eigenvalue weighted by Crippen LogP contribution is 2.24. The van der Waals surface area contributed by atoms with Gasteiger partial charge in [0.05, 0.1) is 5.02 Å². The predicted octanol–water partition coefficient (Wildman–Crippen LogP) is 0.0890. The lowest BCUT2D eigenvalue weighted by Gasteiger charge is -2.12. The van der Waals surface area contributed by atoms with Crippen molar-refractivity contribution in [3.05, 3.63) is 23.2 Å². The van der Waals surface area contributed by atoms with Gasteiger partial charge in [0.1, 0.15) is 4.90 Å². The lowest BCUT2D eigenvalue weighted by Crippen LogP contribution is -2.36. The molecule has 98 valence electrons. The number of carbonyl (C=O) groups excluding carboxylic acids is 1. The fourth-order valence-corrected chi connectivity index (χ4v) is 3.47. The van der Waals surface area contributed by atoms with Crippen LogP contribution in [0.5, 0.6) is 0 Å². The van der Waals surface area contributed by atoms with Gasteiger partial charge in [0, 0.05) is 24.7 Å². The molecular weight excluding hydrogens is 278 g/mol. The Morgan fingerprint density at radius 2 is 2.17 bits per heavy atom. The minimum absolute atomic E-state index is 0.0801. The van der Waals surface area contributed by atoms with E-state index in [2.05, 4.69) is 10.0 Å². The molecule has 8 heteroatoms. The van der Waals surface area contributed by atoms with E-state index in [0.29, 0.717) is 5.69 Å². The van der Waals surface area contributed by atoms with Gasteiger partial charge in [0.15, 0.2) is 0 Å². The maximum atomic E-state index is 12.1. The molecule has 0 spiro atoms. The standard InChI is InChI=1S/C10H12ClN3O3S/c11-8-2-1-6(12)3-9(8)18(16,17)14-7-4-10(15)13-5-7/h1-3,7,14H,4-5,12H2,(H,13,15). The normalized spacial score (nSPS) is 19.8. The molecule has 6 nitrogen and oxygen atoms in total. The molecule has 1 fully saturated rings. The zero-order valence-electron chi connectivity index (χ0n) is 9.31. The average Bonchev–Trinajstić information content (AvgIpc) is 2.66. The van der Waals surface area contributed by atoms with Crippen LogP contribution < -0.4 is 15.8 Å². The molecule has 0 saturated carbocycles. The average molecular weight is 290 g/mol. The molecule has 0 aliphatic carbocycles. The van der Waals surface area contributed by atoms with Crippen molar-refractivity contribution in [1.29, 1.82) is 0 Å². The number of hydrogen-bond acceptors (Lipinski definition) is 4. The van der Waals surface area contributed by atoms with Crippen LogP contribution in [0.3, 0.4) is 0 Å². The van der Waals surface area contributed by atoms with Crippen LogP contribution in [-0.2, 0) is 14.8 Å². The van der Waals surface area contributed by atoms with Crippen LogP contribution in [0.4, 0.5) is 5.69 Å². The largest absolute Gasteiger partial charge is 0.399 e. The summed E-state index contributed by atoms with van der Waals surface area (Å²) in [6, 6.07) is 3.76. The van der Waals surface area contributed by atoms with Crippen LogP contribution in [0.1, 0.15) is 6.42 Å². The van der Waals surface area contributed by atoms with Gasteiger partial charge in [0.2, 0.25) is 15.9 Å². The molecule has 0 bridgehead atoms. The fraction of sp³-hybridized carbons (Fsp3) is 0.300. The first-order chi connectivity index (χ1) is 8.38. The first kappa shape index (κ1) is 13.1. The van der Waals surface area contributed by atoms with Gasteiger partial charge in [-0.25, -0.2) is 13.1 Å². The van der Waals surface area contributed by atoms with E-state index < -0.39 is 16.1 Å². The van der Waals surface area contributed by atoms with Crippen LogP contribution in [0, 0.1) is 0 Å². The van der Waals surface area contributed by atoms with E-state index in [-0.39, 0.29) is 28.8 Å². The molecule has 0 aromatic heterocycles. The Morgan fingerprint density at radius 3 is 2.78 bits per heavy atom. The van der Waals surface area contributed by atoms with Crippen molar-refractivity contribution in [3.63, 3.8) is 0 Å². The van der Waals surface area contributed by atoms with Crippen molar-refractivity contribution in [2.45, 2.75) is 17.4 Å². The highest BCUT2D eigenvalue weighted by Gasteiger charge is 2.28. The highest BCUT2D eigenvalue weighted by molar-refractivity contribution is 7.89. The molecule has 1 amide bonds. The number of amides is 1. The number of nitrogens with one attached hydrogen (secondary N) is 2. The van der Waals surface area contributed by atoms with Crippen molar-refractivity contribution in [1.82, 2.24) is 10.0 Å². The van der Waals surface area contributed by atoms with Crippen LogP contribution >= 0.6 is 11.6 Å². The van der Waals surface area contributed by atoms with Crippen LogP contribution in [-0.4, -0.2) is 26.9 Å². The van der Waals surface area contributed by atoms with Gasteiger partial charge in [-0.2, -0.15) is 0 Å². The number of halogens is 1. The smallest absolute Gasteiger partial charge is 0.242 e. The Balaban J connectivity index is 2.25. The molecule has 1 heterocycles. The number of nitrogen functional groups attached to an aromatic ring is 1. The Labute approximate surface area is 110 Å². The fourth-order valence-electron chi connectivity index (χ4n) is 1.70. The quantitative estimate of drug-likeness (QED) is 0.686. The third kappa shape index (κ3) is 2.74. The van der Waals surface area contributed by atoms with E-state index in [9.17, 15) is 13.2 Å². The molecule has 1 aromatic rings. The van der Waals surface area contributed by atoms with Gasteiger partial charge >= 0.3 is 0 Å². The Morgan fingerprint density at radius 1 is 1.44 bits per heavy atom. The van der Waals surface area contributed by atoms with Gasteiger partial charge < -0.3 is 11.1 Å². The molecule has 1 aromatic carbocycles. The molecule has 4 N–H and O–H groups in total. The number of rotatable bonds is 3. The molecule has 18 heavy (non-hydrogen) atoms. The van der Waals surface area contributed by atoms with Gasteiger partial charge in [-0.15, -0.1) is 0 Å². The summed E-state index contributed by atoms with van der Waals surface area (Å²) in [6.45, 7) is 0.276. The zero-order valence-corrected chi connectivity index (χ0v) is 10.9. The first-order valence-electron chi connectivity index (χ1n) is 5.22. The SMILES string of the molecule is Nc1ccc(Cl)c(S(=O)(=O)NC2CNC(=O)C2)c1. The molecular formula is C10H12ClN3O3S. The Bertz CT molecular complexity index is 588. The van der Waals surface area contributed by atoms with E-state index in [4.69, 9.17) is 17.3 Å². The summed E-state index contributed by atoms with van der Waals surface area (Å²) in [4.78, 5) is 10.9. The van der Waals surface area contributed by atoms with Crippen LogP contribution in [0.2, 0.25) is 5.02 Å². The summed E-state index contributed by atoms with van der Waals surface area (Å²) in [7, 11) is -3.77. The molecule has 0 radical (unpaired) electrons. The van der Waals surface area contributed by atoms with Crippen molar-refractivity contribution in [3.8, 4) is 0 Å². The number of anilines is 1. The number of hydrogen-bond donors (Lipinski definition) is 3. The van der Waals surface area contributed by atoms with Crippen molar-refractivity contribution < 1.29 is 13.2 Å². The number of carbonyl (C=O) groups is 1. The van der Waals surface area contributed by atoms with E-state index in [1.807, 2.05) is 0 Å². The summed E-state index contributed by atoms with van der Waals surface area (Å²) in [6.07, 6.45) is 0.124. The van der Waals surface area contributed by atoms with Crippen LogP contribution in [0.15, 0.2) is 23.1 Å². The third-order valence-electron chi connectivity index (χ3n) is 2.54. The van der Waals surface area contributed by atoms with Gasteiger partial charge in [-0.05, 0) is 18.2 Å². The first-order valence-corrected chi connectivity index (χ1v) is 7.08. The number of nitrogens with two attached hydrogens (primary N) is 1. The topological polar surface area (TPSA) is 101 Å². The summed E-state index contributed by atoms with van der Waals surface area (Å²) >= 11 is 5.84. The van der Waals surface area contributed by atoms with E-state index >= 15 is 0 Å². The highest BCUT2D eigenvalue weighted by atomic mass is 35.5. The minimum Gasteiger partial charge on any atom is -0.399 e. The van der Waals surface area contributed by atoms with E-state index in [1.165, 1.54) is 18.2 Å². The minimum atomic E-state index is -3.77. The predicted molar refractivity (Wildman–Crippen MR) is 67.6 cm³/mol. The second-order valence-corrected chi connectivity index (χ2v) is 6.11. The number of benzene rings is 1. The van der Waals surface area contributed by atoms with Gasteiger partial charge in [-0.3, -0.25) is 4.79 Å². The van der Waals surface area contributed by atoms with Gasteiger partial charge in [0.25, 0.3) is 0 Å². The van der Waals surface area contributed by atoms with Crippen LogP contribution in [0.25, 0.3) is 0 Å². The maximum absolute atomic E-state index is 12.1. The molecule has 1 unspecified atom stereocenters. The van der Waals surface area contributed by atoms with Gasteiger partial charge in [-0.1, -0.05) is 11.6 Å². The summed E-state index contributed by atoms with van der Waals surface area (Å²) < 4.78 is 26.6. The Kier molecular flexibility index (Phi) is 3.47. The third-order valence-corrected chi connectivity index (χ3v) is 4.55. The summed E-state index contributed by atoms with van der Waals surface area (Å²) in [5.74, 6) is -0.179. The van der Waals surface area contributed by atoms with Crippen molar-refractivity contribution >= 4 is 33.2 Å². The number of sulfonamides is 1. The van der Waals surface area contributed by atoms with Crippen molar-refractivity contribution in [2.75, 3.05) is 12.3 Å². The maximum Gasteiger partial charge on any atom is 0.242 e. The van der Waals surface area contributed by atoms with Crippen molar-refractivity contribution in [2.24, 2.45) is 0 Å². The van der Waals surface area contributed by atoms with E-state index in [1.54, 1.807) is 0 Å². The zero-order chi connectivity index (χ0) is 13.3. The lowest BCUT2D eigenvalue weighted by molar-refractivity contribution is -0.119. The molecule has 2 rings (SSSR count). The monoisotopic (exact) mass is 289 g/mol. The molecule has 1 atom stereocenters.